The van der Waals surface area contributed by atoms with E-state index < -0.39 is 0 Å². The van der Waals surface area contributed by atoms with Crippen LogP contribution in [0.3, 0.4) is 0 Å². The largest absolute Gasteiger partial charge is 0.382 e. The molecule has 0 fully saturated rings. The average Bonchev–Trinajstić information content (AvgIpc) is 2.52. The summed E-state index contributed by atoms with van der Waals surface area (Å²) in [6.45, 7) is 12.2. The summed E-state index contributed by atoms with van der Waals surface area (Å²) in [5, 5.41) is 8.05. The highest BCUT2D eigenvalue weighted by Gasteiger charge is 2.15. The highest BCUT2D eigenvalue weighted by molar-refractivity contribution is 5.24. The molecule has 4 heteroatoms. The van der Waals surface area contributed by atoms with E-state index >= 15 is 0 Å². The van der Waals surface area contributed by atoms with Crippen LogP contribution in [0, 0.1) is 13.8 Å². The van der Waals surface area contributed by atoms with Crippen molar-refractivity contribution in [3.63, 3.8) is 0 Å². The lowest BCUT2D eigenvalue weighted by molar-refractivity contribution is 0.156. The third kappa shape index (κ3) is 3.54. The maximum absolute atomic E-state index is 5.18. The minimum Gasteiger partial charge on any atom is -0.382 e. The topological polar surface area (TPSA) is 39.1 Å². The Morgan fingerprint density at radius 2 is 1.94 bits per heavy atom. The van der Waals surface area contributed by atoms with E-state index in [-0.39, 0.29) is 6.04 Å². The van der Waals surface area contributed by atoms with Crippen LogP contribution in [0.15, 0.2) is 0 Å². The van der Waals surface area contributed by atoms with E-state index in [1.54, 1.807) is 7.11 Å². The second-order valence-corrected chi connectivity index (χ2v) is 4.93. The molecule has 1 atom stereocenters. The van der Waals surface area contributed by atoms with Gasteiger partial charge < -0.3 is 10.1 Å². The van der Waals surface area contributed by atoms with Gasteiger partial charge in [0.1, 0.15) is 0 Å². The van der Waals surface area contributed by atoms with Crippen molar-refractivity contribution in [3.05, 3.63) is 17.0 Å². The SMILES string of the molecule is COCC(C)n1nc(C)c(CNC(C)C)c1C. The Bertz CT molecular complexity index is 358. The van der Waals surface area contributed by atoms with E-state index in [1.807, 2.05) is 0 Å². The van der Waals surface area contributed by atoms with Crippen molar-refractivity contribution >= 4 is 0 Å². The summed E-state index contributed by atoms with van der Waals surface area (Å²) in [5.41, 5.74) is 3.65. The Balaban J connectivity index is 2.85. The fourth-order valence-corrected chi connectivity index (χ4v) is 2.00. The molecule has 0 amide bonds. The van der Waals surface area contributed by atoms with Crippen molar-refractivity contribution in [2.24, 2.45) is 0 Å². The first-order valence-corrected chi connectivity index (χ1v) is 6.24. The van der Waals surface area contributed by atoms with Crippen LogP contribution in [0.25, 0.3) is 0 Å². The molecule has 0 spiro atoms. The number of aryl methyl sites for hydroxylation is 1. The maximum Gasteiger partial charge on any atom is 0.0727 e. The average molecular weight is 239 g/mol. The van der Waals surface area contributed by atoms with Crippen molar-refractivity contribution in [3.8, 4) is 0 Å². The van der Waals surface area contributed by atoms with E-state index in [4.69, 9.17) is 4.74 Å². The van der Waals surface area contributed by atoms with Gasteiger partial charge in [-0.1, -0.05) is 13.8 Å². The number of hydrogen-bond donors (Lipinski definition) is 1. The molecule has 0 aliphatic heterocycles. The maximum atomic E-state index is 5.18. The lowest BCUT2D eigenvalue weighted by Crippen LogP contribution is -2.22. The van der Waals surface area contributed by atoms with Crippen molar-refractivity contribution in [2.75, 3.05) is 13.7 Å². The van der Waals surface area contributed by atoms with Gasteiger partial charge in [0.2, 0.25) is 0 Å². The van der Waals surface area contributed by atoms with Crippen molar-refractivity contribution in [2.45, 2.75) is 53.2 Å². The molecule has 0 saturated heterocycles. The van der Waals surface area contributed by atoms with Gasteiger partial charge in [-0.2, -0.15) is 5.10 Å². The number of nitrogens with one attached hydrogen (secondary N) is 1. The predicted octanol–water partition coefficient (Wildman–Crippen LogP) is 2.21. The van der Waals surface area contributed by atoms with Gasteiger partial charge in [0.05, 0.1) is 18.3 Å². The zero-order valence-electron chi connectivity index (χ0n) is 11.9. The van der Waals surface area contributed by atoms with Crippen molar-refractivity contribution < 1.29 is 4.74 Å². The molecule has 0 bridgehead atoms. The summed E-state index contributed by atoms with van der Waals surface area (Å²) in [4.78, 5) is 0. The molecule has 17 heavy (non-hydrogen) atoms. The Labute approximate surface area is 104 Å². The second-order valence-electron chi connectivity index (χ2n) is 4.93. The van der Waals surface area contributed by atoms with Crippen LogP contribution in [0.5, 0.6) is 0 Å². The molecule has 1 unspecified atom stereocenters. The summed E-state index contributed by atoms with van der Waals surface area (Å²) < 4.78 is 7.25. The van der Waals surface area contributed by atoms with E-state index in [9.17, 15) is 0 Å². The van der Waals surface area contributed by atoms with Gasteiger partial charge in [-0.15, -0.1) is 0 Å². The van der Waals surface area contributed by atoms with Gasteiger partial charge in [0.25, 0.3) is 0 Å². The molecule has 1 aromatic rings. The first-order valence-electron chi connectivity index (χ1n) is 6.24. The predicted molar refractivity (Wildman–Crippen MR) is 70.3 cm³/mol. The molecule has 0 aliphatic carbocycles. The molecule has 0 aliphatic rings. The van der Waals surface area contributed by atoms with Crippen LogP contribution in [-0.2, 0) is 11.3 Å². The monoisotopic (exact) mass is 239 g/mol. The molecule has 0 aromatic carbocycles. The van der Waals surface area contributed by atoms with E-state index in [0.29, 0.717) is 12.6 Å². The first-order chi connectivity index (χ1) is 7.97. The zero-order chi connectivity index (χ0) is 13.0. The molecular formula is C13H25N3O. The lowest BCUT2D eigenvalue weighted by Gasteiger charge is -2.14. The summed E-state index contributed by atoms with van der Waals surface area (Å²) in [6.07, 6.45) is 0. The third-order valence-corrected chi connectivity index (χ3v) is 2.99. The zero-order valence-corrected chi connectivity index (χ0v) is 11.9. The number of methoxy groups -OCH3 is 1. The first kappa shape index (κ1) is 14.2. The fourth-order valence-electron chi connectivity index (χ4n) is 2.00. The minimum atomic E-state index is 0.284. The standard InChI is InChI=1S/C13H25N3O/c1-9(2)14-7-13-11(4)15-16(12(13)5)10(3)8-17-6/h9-10,14H,7-8H2,1-6H3. The van der Waals surface area contributed by atoms with E-state index in [2.05, 4.69) is 49.7 Å². The van der Waals surface area contributed by atoms with Crippen LogP contribution in [-0.4, -0.2) is 29.5 Å². The third-order valence-electron chi connectivity index (χ3n) is 2.99. The highest BCUT2D eigenvalue weighted by atomic mass is 16.5. The van der Waals surface area contributed by atoms with Gasteiger partial charge in [-0.05, 0) is 20.8 Å². The minimum absolute atomic E-state index is 0.284. The normalized spacial score (nSPS) is 13.4. The van der Waals surface area contributed by atoms with Crippen LogP contribution >= 0.6 is 0 Å². The van der Waals surface area contributed by atoms with Crippen molar-refractivity contribution in [1.82, 2.24) is 15.1 Å². The lowest BCUT2D eigenvalue weighted by atomic mass is 10.2. The fraction of sp³-hybridized carbons (Fsp3) is 0.769. The van der Waals surface area contributed by atoms with Crippen LogP contribution in [0.1, 0.15) is 43.8 Å². The van der Waals surface area contributed by atoms with Gasteiger partial charge in [0, 0.05) is 31.0 Å². The number of rotatable bonds is 6. The summed E-state index contributed by atoms with van der Waals surface area (Å²) in [7, 11) is 1.73. The number of nitrogens with zero attached hydrogens (tertiary/aromatic N) is 2. The van der Waals surface area contributed by atoms with Gasteiger partial charge >= 0.3 is 0 Å². The molecule has 1 aromatic heterocycles. The smallest absolute Gasteiger partial charge is 0.0727 e. The molecule has 4 nitrogen and oxygen atoms in total. The molecular weight excluding hydrogens is 214 g/mol. The Kier molecular flexibility index (Phi) is 5.15. The molecule has 0 saturated carbocycles. The Hall–Kier alpha value is -0.870. The molecule has 98 valence electrons. The summed E-state index contributed by atoms with van der Waals surface area (Å²) >= 11 is 0. The molecule has 1 N–H and O–H groups in total. The van der Waals surface area contributed by atoms with E-state index in [0.717, 1.165) is 12.2 Å². The van der Waals surface area contributed by atoms with Gasteiger partial charge in [0.15, 0.2) is 0 Å². The summed E-state index contributed by atoms with van der Waals surface area (Å²) in [5.74, 6) is 0. The molecule has 0 radical (unpaired) electrons. The molecule has 1 heterocycles. The number of hydrogen-bond acceptors (Lipinski definition) is 3. The highest BCUT2D eigenvalue weighted by Crippen LogP contribution is 2.17. The van der Waals surface area contributed by atoms with Crippen LogP contribution in [0.2, 0.25) is 0 Å². The number of aromatic nitrogens is 2. The Morgan fingerprint density at radius 3 is 2.47 bits per heavy atom. The van der Waals surface area contributed by atoms with Gasteiger partial charge in [-0.25, -0.2) is 0 Å². The van der Waals surface area contributed by atoms with E-state index in [1.165, 1.54) is 11.3 Å². The Morgan fingerprint density at radius 1 is 1.29 bits per heavy atom. The quantitative estimate of drug-likeness (QED) is 0.827. The number of ether oxygens (including phenoxy) is 1. The van der Waals surface area contributed by atoms with Gasteiger partial charge in [-0.3, -0.25) is 4.68 Å². The van der Waals surface area contributed by atoms with Crippen LogP contribution < -0.4 is 5.32 Å². The van der Waals surface area contributed by atoms with Crippen molar-refractivity contribution in [1.29, 1.82) is 0 Å². The van der Waals surface area contributed by atoms with Crippen LogP contribution in [0.4, 0.5) is 0 Å². The molecule has 1 rings (SSSR count). The second kappa shape index (κ2) is 6.17. The summed E-state index contributed by atoms with van der Waals surface area (Å²) in [6, 6.07) is 0.778.